The molecule has 0 radical (unpaired) electrons. The van der Waals surface area contributed by atoms with Crippen molar-refractivity contribution < 1.29 is 8.42 Å². The highest BCUT2D eigenvalue weighted by Crippen LogP contribution is 2.25. The predicted molar refractivity (Wildman–Crippen MR) is 90.7 cm³/mol. The second-order valence-corrected chi connectivity index (χ2v) is 7.85. The van der Waals surface area contributed by atoms with Crippen LogP contribution in [0.4, 0.5) is 5.69 Å². The van der Waals surface area contributed by atoms with E-state index < -0.39 is 10.0 Å². The van der Waals surface area contributed by atoms with Crippen LogP contribution in [0.1, 0.15) is 11.1 Å². The van der Waals surface area contributed by atoms with Gasteiger partial charge in [-0.2, -0.15) is 0 Å². The van der Waals surface area contributed by atoms with E-state index in [2.05, 4.69) is 22.6 Å². The van der Waals surface area contributed by atoms with Gasteiger partial charge in [-0.25, -0.2) is 8.42 Å². The molecule has 5 heteroatoms. The zero-order chi connectivity index (χ0) is 14.9. The van der Waals surface area contributed by atoms with Gasteiger partial charge in [-0.05, 0) is 72.3 Å². The largest absolute Gasteiger partial charge is 0.269 e. The van der Waals surface area contributed by atoms with Crippen molar-refractivity contribution in [3.63, 3.8) is 0 Å². The zero-order valence-electron chi connectivity index (χ0n) is 11.6. The van der Waals surface area contributed by atoms with Gasteiger partial charge in [0.2, 0.25) is 0 Å². The highest BCUT2D eigenvalue weighted by molar-refractivity contribution is 14.1. The fraction of sp³-hybridized carbons (Fsp3) is 0.200. The molecule has 0 bridgehead atoms. The lowest BCUT2D eigenvalue weighted by Crippen LogP contribution is -2.26. The molecule has 0 saturated carbocycles. The number of benzene rings is 2. The normalized spacial score (nSPS) is 11.4. The molecule has 0 spiro atoms. The zero-order valence-corrected chi connectivity index (χ0v) is 14.6. The molecule has 0 unspecified atom stereocenters. The van der Waals surface area contributed by atoms with E-state index >= 15 is 0 Å². The Morgan fingerprint density at radius 3 is 2.15 bits per heavy atom. The lowest BCUT2D eigenvalue weighted by molar-refractivity contribution is 0.594. The second kappa shape index (κ2) is 5.73. The quantitative estimate of drug-likeness (QED) is 0.736. The molecule has 3 nitrogen and oxygen atoms in total. The molecule has 0 atom stereocenters. The Kier molecular flexibility index (Phi) is 4.39. The number of rotatable bonds is 3. The average Bonchev–Trinajstić information content (AvgIpc) is 2.41. The van der Waals surface area contributed by atoms with E-state index in [1.807, 2.05) is 32.0 Å². The van der Waals surface area contributed by atoms with Crippen LogP contribution < -0.4 is 4.31 Å². The van der Waals surface area contributed by atoms with Crippen molar-refractivity contribution in [2.45, 2.75) is 18.7 Å². The third-order valence-electron chi connectivity index (χ3n) is 3.18. The fourth-order valence-electron chi connectivity index (χ4n) is 1.83. The van der Waals surface area contributed by atoms with E-state index in [9.17, 15) is 8.42 Å². The van der Waals surface area contributed by atoms with Crippen LogP contribution in [0, 0.1) is 17.4 Å². The summed E-state index contributed by atoms with van der Waals surface area (Å²) >= 11 is 2.23. The van der Waals surface area contributed by atoms with Crippen molar-refractivity contribution in [2.75, 3.05) is 11.4 Å². The molecular weight excluding hydrogens is 385 g/mol. The van der Waals surface area contributed by atoms with E-state index in [1.165, 1.54) is 4.31 Å². The first kappa shape index (κ1) is 15.3. The molecule has 2 aromatic carbocycles. The van der Waals surface area contributed by atoms with Gasteiger partial charge in [0.1, 0.15) is 0 Å². The Hall–Kier alpha value is -1.08. The number of hydrogen-bond donors (Lipinski definition) is 0. The summed E-state index contributed by atoms with van der Waals surface area (Å²) in [4.78, 5) is 0.307. The van der Waals surface area contributed by atoms with Gasteiger partial charge in [0.15, 0.2) is 0 Å². The smallest absolute Gasteiger partial charge is 0.264 e. The summed E-state index contributed by atoms with van der Waals surface area (Å²) in [5, 5.41) is 0. The SMILES string of the molecule is Cc1ccc(S(=O)(=O)N(C)c2ccc(I)c(C)c2)cc1. The van der Waals surface area contributed by atoms with Crippen LogP contribution in [0.5, 0.6) is 0 Å². The number of aryl methyl sites for hydroxylation is 2. The molecule has 2 aromatic rings. The van der Waals surface area contributed by atoms with Crippen LogP contribution in [-0.2, 0) is 10.0 Å². The molecule has 0 amide bonds. The van der Waals surface area contributed by atoms with Crippen molar-refractivity contribution in [3.05, 3.63) is 57.2 Å². The first-order valence-electron chi connectivity index (χ1n) is 6.14. The van der Waals surface area contributed by atoms with E-state index in [0.29, 0.717) is 10.6 Å². The number of anilines is 1. The van der Waals surface area contributed by atoms with Crippen molar-refractivity contribution in [3.8, 4) is 0 Å². The minimum absolute atomic E-state index is 0.307. The van der Waals surface area contributed by atoms with Gasteiger partial charge in [-0.3, -0.25) is 4.31 Å². The molecule has 106 valence electrons. The van der Waals surface area contributed by atoms with Crippen molar-refractivity contribution >= 4 is 38.3 Å². The Balaban J connectivity index is 2.42. The van der Waals surface area contributed by atoms with Gasteiger partial charge >= 0.3 is 0 Å². The first-order chi connectivity index (χ1) is 9.32. The fourth-order valence-corrected chi connectivity index (χ4v) is 3.35. The maximum atomic E-state index is 12.6. The summed E-state index contributed by atoms with van der Waals surface area (Å²) in [5.41, 5.74) is 2.77. The third-order valence-corrected chi connectivity index (χ3v) is 6.19. The van der Waals surface area contributed by atoms with Gasteiger partial charge in [0, 0.05) is 10.6 Å². The van der Waals surface area contributed by atoms with Gasteiger partial charge in [-0.1, -0.05) is 17.7 Å². The van der Waals surface area contributed by atoms with Crippen LogP contribution in [0.25, 0.3) is 0 Å². The molecule has 20 heavy (non-hydrogen) atoms. The molecule has 0 fully saturated rings. The Bertz CT molecular complexity index is 724. The summed E-state index contributed by atoms with van der Waals surface area (Å²) in [6.45, 7) is 3.90. The topological polar surface area (TPSA) is 37.4 Å². The number of halogens is 1. The van der Waals surface area contributed by atoms with E-state index in [1.54, 1.807) is 31.3 Å². The van der Waals surface area contributed by atoms with Crippen LogP contribution in [0.3, 0.4) is 0 Å². The predicted octanol–water partition coefficient (Wildman–Crippen LogP) is 3.73. The Morgan fingerprint density at radius 2 is 1.60 bits per heavy atom. The summed E-state index contributed by atoms with van der Waals surface area (Å²) < 4.78 is 27.6. The van der Waals surface area contributed by atoms with Gasteiger partial charge in [-0.15, -0.1) is 0 Å². The van der Waals surface area contributed by atoms with E-state index in [4.69, 9.17) is 0 Å². The van der Waals surface area contributed by atoms with Crippen LogP contribution in [-0.4, -0.2) is 15.5 Å². The maximum absolute atomic E-state index is 12.6. The number of hydrogen-bond acceptors (Lipinski definition) is 2. The first-order valence-corrected chi connectivity index (χ1v) is 8.66. The summed E-state index contributed by atoms with van der Waals surface area (Å²) in [5.74, 6) is 0. The van der Waals surface area contributed by atoms with Gasteiger partial charge in [0.05, 0.1) is 10.6 Å². The highest BCUT2D eigenvalue weighted by atomic mass is 127. The monoisotopic (exact) mass is 401 g/mol. The minimum Gasteiger partial charge on any atom is -0.269 e. The summed E-state index contributed by atoms with van der Waals surface area (Å²) in [6, 6.07) is 12.5. The van der Waals surface area contributed by atoms with Crippen LogP contribution in [0.2, 0.25) is 0 Å². The molecule has 0 aliphatic carbocycles. The molecule has 0 aliphatic rings. The van der Waals surface area contributed by atoms with Gasteiger partial charge in [0.25, 0.3) is 10.0 Å². The van der Waals surface area contributed by atoms with E-state index in [0.717, 1.165) is 14.7 Å². The van der Waals surface area contributed by atoms with Crippen LogP contribution >= 0.6 is 22.6 Å². The molecule has 0 aliphatic heterocycles. The standard InChI is InChI=1S/C15H16INO2S/c1-11-4-7-14(8-5-11)20(18,19)17(3)13-6-9-15(16)12(2)10-13/h4-10H,1-3H3. The third kappa shape index (κ3) is 2.98. The van der Waals surface area contributed by atoms with Crippen molar-refractivity contribution in [1.82, 2.24) is 0 Å². The van der Waals surface area contributed by atoms with Crippen molar-refractivity contribution in [2.24, 2.45) is 0 Å². The minimum atomic E-state index is -3.51. The lowest BCUT2D eigenvalue weighted by Gasteiger charge is -2.20. The van der Waals surface area contributed by atoms with Crippen LogP contribution in [0.15, 0.2) is 47.4 Å². The van der Waals surface area contributed by atoms with Gasteiger partial charge < -0.3 is 0 Å². The maximum Gasteiger partial charge on any atom is 0.264 e. The number of nitrogens with zero attached hydrogens (tertiary/aromatic N) is 1. The molecule has 0 aromatic heterocycles. The summed E-state index contributed by atoms with van der Waals surface area (Å²) in [6.07, 6.45) is 0. The van der Waals surface area contributed by atoms with E-state index in [-0.39, 0.29) is 0 Å². The van der Waals surface area contributed by atoms with Crippen molar-refractivity contribution in [1.29, 1.82) is 0 Å². The molecule has 0 saturated heterocycles. The number of sulfonamides is 1. The Labute approximate surface area is 133 Å². The average molecular weight is 401 g/mol. The molecular formula is C15H16INO2S. The molecule has 0 N–H and O–H groups in total. The lowest BCUT2D eigenvalue weighted by atomic mass is 10.2. The second-order valence-electron chi connectivity index (χ2n) is 4.72. The Morgan fingerprint density at radius 1 is 1.00 bits per heavy atom. The summed E-state index contributed by atoms with van der Waals surface area (Å²) in [7, 11) is -1.93. The highest BCUT2D eigenvalue weighted by Gasteiger charge is 2.21. The molecule has 0 heterocycles. The molecule has 2 rings (SSSR count).